The average Bonchev–Trinajstić information content (AvgIpc) is 3.00. The van der Waals surface area contributed by atoms with E-state index >= 15 is 0 Å². The van der Waals surface area contributed by atoms with Crippen LogP contribution in [0.4, 0.5) is 5.69 Å². The van der Waals surface area contributed by atoms with Gasteiger partial charge in [-0.15, -0.1) is 12.4 Å². The summed E-state index contributed by atoms with van der Waals surface area (Å²) in [6.45, 7) is 3.25. The summed E-state index contributed by atoms with van der Waals surface area (Å²) < 4.78 is 0. The van der Waals surface area contributed by atoms with Gasteiger partial charge in [0.2, 0.25) is 11.8 Å². The second-order valence-corrected chi connectivity index (χ2v) is 7.54. The first-order valence-corrected chi connectivity index (χ1v) is 9.56. The lowest BCUT2D eigenvalue weighted by Crippen LogP contribution is -2.38. The Morgan fingerprint density at radius 3 is 2.77 bits per heavy atom. The molecule has 2 aliphatic rings. The number of amides is 2. The maximum atomic E-state index is 12.6. The fourth-order valence-electron chi connectivity index (χ4n) is 3.53. The van der Waals surface area contributed by atoms with Crippen molar-refractivity contribution >= 4 is 53.1 Å². The molecular formula is C18H24Cl3N3O2. The van der Waals surface area contributed by atoms with Gasteiger partial charge in [0, 0.05) is 18.8 Å². The highest BCUT2D eigenvalue weighted by atomic mass is 35.5. The van der Waals surface area contributed by atoms with Crippen LogP contribution in [0.2, 0.25) is 10.0 Å². The molecule has 0 radical (unpaired) electrons. The molecular weight excluding hydrogens is 397 g/mol. The zero-order chi connectivity index (χ0) is 17.8. The van der Waals surface area contributed by atoms with Crippen molar-refractivity contribution in [2.45, 2.75) is 25.7 Å². The zero-order valence-electron chi connectivity index (χ0n) is 14.5. The lowest BCUT2D eigenvalue weighted by Gasteiger charge is -2.23. The zero-order valence-corrected chi connectivity index (χ0v) is 16.8. The van der Waals surface area contributed by atoms with Gasteiger partial charge in [0.05, 0.1) is 10.0 Å². The number of carbonyl (C=O) groups excluding carboxylic acids is 2. The van der Waals surface area contributed by atoms with Crippen LogP contribution in [0, 0.1) is 11.8 Å². The molecule has 0 aliphatic carbocycles. The summed E-state index contributed by atoms with van der Waals surface area (Å²) in [4.78, 5) is 26.6. The summed E-state index contributed by atoms with van der Waals surface area (Å²) in [5, 5.41) is 7.16. The summed E-state index contributed by atoms with van der Waals surface area (Å²) in [5.74, 6) is -0.341. The van der Waals surface area contributed by atoms with Gasteiger partial charge in [0.15, 0.2) is 0 Å². The van der Waals surface area contributed by atoms with E-state index in [-0.39, 0.29) is 24.2 Å². The molecule has 144 valence electrons. The van der Waals surface area contributed by atoms with Crippen LogP contribution in [0.25, 0.3) is 0 Å². The lowest BCUT2D eigenvalue weighted by atomic mass is 9.96. The molecule has 2 amide bonds. The second-order valence-electron chi connectivity index (χ2n) is 6.72. The Balaban J connectivity index is 0.00000243. The van der Waals surface area contributed by atoms with Crippen molar-refractivity contribution in [3.05, 3.63) is 28.2 Å². The van der Waals surface area contributed by atoms with E-state index < -0.39 is 5.92 Å². The first kappa shape index (κ1) is 21.3. The van der Waals surface area contributed by atoms with Gasteiger partial charge in [0.25, 0.3) is 0 Å². The first-order chi connectivity index (χ1) is 12.1. The molecule has 2 heterocycles. The molecule has 0 saturated carbocycles. The summed E-state index contributed by atoms with van der Waals surface area (Å²) in [7, 11) is 0. The molecule has 2 saturated heterocycles. The number of rotatable bonds is 5. The van der Waals surface area contributed by atoms with Gasteiger partial charge in [-0.3, -0.25) is 9.59 Å². The third kappa shape index (κ3) is 5.03. The minimum Gasteiger partial charge on any atom is -0.355 e. The third-order valence-corrected chi connectivity index (χ3v) is 5.73. The van der Waals surface area contributed by atoms with Crippen LogP contribution in [0.5, 0.6) is 0 Å². The minimum absolute atomic E-state index is 0. The lowest BCUT2D eigenvalue weighted by molar-refractivity contribution is -0.132. The van der Waals surface area contributed by atoms with Gasteiger partial charge in [-0.2, -0.15) is 0 Å². The average molecular weight is 421 g/mol. The fraction of sp³-hybridized carbons (Fsp3) is 0.556. The molecule has 2 atom stereocenters. The Morgan fingerprint density at radius 1 is 1.27 bits per heavy atom. The third-order valence-electron chi connectivity index (χ3n) is 4.99. The Kier molecular flexibility index (Phi) is 8.02. The van der Waals surface area contributed by atoms with Gasteiger partial charge < -0.3 is 15.5 Å². The number of benzene rings is 1. The van der Waals surface area contributed by atoms with Crippen LogP contribution in [-0.2, 0) is 9.59 Å². The number of nitrogens with zero attached hydrogens (tertiary/aromatic N) is 1. The molecule has 26 heavy (non-hydrogen) atoms. The highest BCUT2D eigenvalue weighted by Gasteiger charge is 2.37. The Hall–Kier alpha value is -1.01. The smallest absolute Gasteiger partial charge is 0.239 e. The molecule has 2 fully saturated rings. The van der Waals surface area contributed by atoms with Gasteiger partial charge in [-0.1, -0.05) is 23.2 Å². The molecule has 2 aliphatic heterocycles. The molecule has 1 aromatic carbocycles. The Labute approximate surface area is 170 Å². The molecule has 8 heteroatoms. The molecule has 2 N–H and O–H groups in total. The molecule has 5 nitrogen and oxygen atoms in total. The van der Waals surface area contributed by atoms with E-state index in [0.717, 1.165) is 19.5 Å². The van der Waals surface area contributed by atoms with E-state index in [1.54, 1.807) is 23.1 Å². The van der Waals surface area contributed by atoms with Gasteiger partial charge in [0.1, 0.15) is 5.92 Å². The van der Waals surface area contributed by atoms with Crippen LogP contribution >= 0.6 is 35.6 Å². The number of anilines is 1. The molecule has 0 spiro atoms. The highest BCUT2D eigenvalue weighted by molar-refractivity contribution is 6.42. The van der Waals surface area contributed by atoms with Gasteiger partial charge >= 0.3 is 0 Å². The number of carbonyl (C=O) groups is 2. The Morgan fingerprint density at radius 2 is 2.08 bits per heavy atom. The number of nitrogens with one attached hydrogen (secondary N) is 2. The number of halogens is 3. The van der Waals surface area contributed by atoms with Crippen molar-refractivity contribution in [3.63, 3.8) is 0 Å². The number of piperidine rings is 1. The van der Waals surface area contributed by atoms with Crippen molar-refractivity contribution in [2.75, 3.05) is 31.1 Å². The van der Waals surface area contributed by atoms with Crippen molar-refractivity contribution in [3.8, 4) is 0 Å². The van der Waals surface area contributed by atoms with Crippen LogP contribution < -0.4 is 15.5 Å². The van der Waals surface area contributed by atoms with E-state index in [4.69, 9.17) is 23.2 Å². The van der Waals surface area contributed by atoms with Crippen LogP contribution in [-0.4, -0.2) is 38.0 Å². The predicted molar refractivity (Wildman–Crippen MR) is 107 cm³/mol. The van der Waals surface area contributed by atoms with Crippen molar-refractivity contribution in [1.29, 1.82) is 0 Å². The molecule has 0 aromatic heterocycles. The maximum Gasteiger partial charge on any atom is 0.239 e. The summed E-state index contributed by atoms with van der Waals surface area (Å²) in [6, 6.07) is 5.08. The van der Waals surface area contributed by atoms with Crippen molar-refractivity contribution < 1.29 is 9.59 Å². The van der Waals surface area contributed by atoms with Gasteiger partial charge in [-0.25, -0.2) is 0 Å². The summed E-state index contributed by atoms with van der Waals surface area (Å²) in [6.07, 6.45) is 3.88. The molecule has 3 rings (SSSR count). The molecule has 0 bridgehead atoms. The van der Waals surface area contributed by atoms with E-state index in [0.29, 0.717) is 41.2 Å². The van der Waals surface area contributed by atoms with Gasteiger partial charge in [-0.05, 0) is 62.9 Å². The standard InChI is InChI=1S/C18H23Cl2N3O2.ClH/c19-15-4-3-13(10-16(15)20)23-9-6-14(18(23)25)17(24)22-8-5-12-2-1-7-21-11-12;/h3-4,10,12,14,21H,1-2,5-9,11H2,(H,22,24);1H. The largest absolute Gasteiger partial charge is 0.355 e. The normalized spacial score (nSPS) is 22.8. The van der Waals surface area contributed by atoms with Crippen LogP contribution in [0.1, 0.15) is 25.7 Å². The molecule has 2 unspecified atom stereocenters. The molecule has 1 aromatic rings. The van der Waals surface area contributed by atoms with Crippen LogP contribution in [0.3, 0.4) is 0 Å². The topological polar surface area (TPSA) is 61.4 Å². The second kappa shape index (κ2) is 9.79. The monoisotopic (exact) mass is 419 g/mol. The summed E-state index contributed by atoms with van der Waals surface area (Å²) in [5.41, 5.74) is 0.683. The summed E-state index contributed by atoms with van der Waals surface area (Å²) >= 11 is 11.9. The maximum absolute atomic E-state index is 12.6. The predicted octanol–water partition coefficient (Wildman–Crippen LogP) is 3.27. The van der Waals surface area contributed by atoms with Crippen molar-refractivity contribution in [1.82, 2.24) is 10.6 Å². The van der Waals surface area contributed by atoms with E-state index in [2.05, 4.69) is 10.6 Å². The van der Waals surface area contributed by atoms with E-state index in [9.17, 15) is 9.59 Å². The van der Waals surface area contributed by atoms with Crippen molar-refractivity contribution in [2.24, 2.45) is 11.8 Å². The number of hydrogen-bond acceptors (Lipinski definition) is 3. The van der Waals surface area contributed by atoms with E-state index in [1.807, 2.05) is 0 Å². The van der Waals surface area contributed by atoms with Crippen LogP contribution in [0.15, 0.2) is 18.2 Å². The minimum atomic E-state index is -0.612. The fourth-order valence-corrected chi connectivity index (χ4v) is 3.82. The number of hydrogen-bond donors (Lipinski definition) is 2. The highest BCUT2D eigenvalue weighted by Crippen LogP contribution is 2.31. The first-order valence-electron chi connectivity index (χ1n) is 8.81. The Bertz CT molecular complexity index is 651. The SMILES string of the molecule is Cl.O=C(NCCC1CCCNC1)C1CCN(c2ccc(Cl)c(Cl)c2)C1=O. The van der Waals surface area contributed by atoms with E-state index in [1.165, 1.54) is 12.8 Å². The quantitative estimate of drug-likeness (QED) is 0.719.